The van der Waals surface area contributed by atoms with Crippen LogP contribution in [0.1, 0.15) is 45.6 Å². The molecule has 0 saturated carbocycles. The highest BCUT2D eigenvalue weighted by atomic mass is 32.2. The molecule has 3 N–H and O–H groups in total. The molecule has 0 radical (unpaired) electrons. The normalized spacial score (nSPS) is 12.7. The van der Waals surface area contributed by atoms with E-state index < -0.39 is 34.0 Å². The average molecular weight is 430 g/mol. The summed E-state index contributed by atoms with van der Waals surface area (Å²) >= 11 is 0. The maximum absolute atomic E-state index is 11.9. The Bertz CT molecular complexity index is 747. The lowest BCUT2D eigenvalue weighted by molar-refractivity contribution is 0.0498. The van der Waals surface area contributed by atoms with Gasteiger partial charge >= 0.3 is 12.2 Å². The number of carbonyl (C=O) groups excluding carboxylic acids is 2. The number of unbranched alkanes of at least 4 members (excludes halogenated alkanes) is 1. The molecule has 0 aliphatic carbocycles. The van der Waals surface area contributed by atoms with Crippen LogP contribution in [0.4, 0.5) is 9.59 Å². The van der Waals surface area contributed by atoms with Crippen LogP contribution in [0.5, 0.6) is 0 Å². The van der Waals surface area contributed by atoms with Gasteiger partial charge in [0.25, 0.3) is 0 Å². The molecule has 9 nitrogen and oxygen atoms in total. The molecule has 0 saturated heterocycles. The zero-order valence-electron chi connectivity index (χ0n) is 17.4. The van der Waals surface area contributed by atoms with Gasteiger partial charge in [0.1, 0.15) is 12.2 Å². The lowest BCUT2D eigenvalue weighted by Gasteiger charge is -2.23. The first-order chi connectivity index (χ1) is 13.4. The van der Waals surface area contributed by atoms with Crippen molar-refractivity contribution in [1.82, 2.24) is 15.4 Å². The van der Waals surface area contributed by atoms with E-state index in [4.69, 9.17) is 9.47 Å². The third-order valence-electron chi connectivity index (χ3n) is 3.45. The largest absolute Gasteiger partial charge is 0.445 e. The summed E-state index contributed by atoms with van der Waals surface area (Å²) in [6.07, 6.45) is 0.465. The fraction of sp³-hybridized carbons (Fsp3) is 0.579. The molecule has 1 rings (SSSR count). The Morgan fingerprint density at radius 3 is 2.31 bits per heavy atom. The summed E-state index contributed by atoms with van der Waals surface area (Å²) in [5, 5.41) is 5.14. The van der Waals surface area contributed by atoms with E-state index in [0.717, 1.165) is 11.8 Å². The minimum absolute atomic E-state index is 0.187. The summed E-state index contributed by atoms with van der Waals surface area (Å²) in [6.45, 7) is 5.70. The first-order valence-electron chi connectivity index (χ1n) is 9.36. The van der Waals surface area contributed by atoms with E-state index in [1.54, 1.807) is 20.8 Å². The molecule has 2 amide bonds. The summed E-state index contributed by atoms with van der Waals surface area (Å²) in [6, 6.07) is 9.33. The molecule has 1 aromatic rings. The van der Waals surface area contributed by atoms with Gasteiger partial charge in [-0.25, -0.2) is 18.0 Å². The molecule has 0 heterocycles. The minimum atomic E-state index is -3.51. The quantitative estimate of drug-likeness (QED) is 0.388. The predicted octanol–water partition coefficient (Wildman–Crippen LogP) is 2.48. The Balaban J connectivity index is 2.32. The van der Waals surface area contributed by atoms with E-state index in [9.17, 15) is 18.0 Å². The number of sulfonamides is 1. The Morgan fingerprint density at radius 2 is 1.72 bits per heavy atom. The van der Waals surface area contributed by atoms with Crippen molar-refractivity contribution in [2.45, 2.75) is 58.4 Å². The van der Waals surface area contributed by atoms with Crippen molar-refractivity contribution in [2.24, 2.45) is 0 Å². The molecule has 0 aromatic heterocycles. The standard InChI is InChI=1S/C19H31N3O6S/c1-19(2,3)28-18(24)21-16(22-29(4,25)26)12-8-9-13-20-17(23)27-14-15-10-6-5-7-11-15/h5-7,10-11,16,22H,8-9,12-14H2,1-4H3,(H,20,23)(H,21,24)/t16-/m0/s1. The lowest BCUT2D eigenvalue weighted by atomic mass is 10.2. The van der Waals surface area contributed by atoms with Gasteiger partial charge in [-0.15, -0.1) is 0 Å². The topological polar surface area (TPSA) is 123 Å². The van der Waals surface area contributed by atoms with Gasteiger partial charge < -0.3 is 20.1 Å². The number of benzene rings is 1. The zero-order valence-corrected chi connectivity index (χ0v) is 18.2. The molecule has 1 aromatic carbocycles. The number of nitrogens with one attached hydrogen (secondary N) is 3. The summed E-state index contributed by atoms with van der Waals surface area (Å²) in [7, 11) is -3.51. The maximum Gasteiger partial charge on any atom is 0.408 e. The molecule has 0 aliphatic rings. The maximum atomic E-state index is 11.9. The molecule has 10 heteroatoms. The Hall–Kier alpha value is -2.33. The van der Waals surface area contributed by atoms with Crippen LogP contribution in [0.15, 0.2) is 30.3 Å². The van der Waals surface area contributed by atoms with Gasteiger partial charge in [0.2, 0.25) is 10.0 Å². The van der Waals surface area contributed by atoms with Crippen molar-refractivity contribution in [3.63, 3.8) is 0 Å². The SMILES string of the molecule is CC(C)(C)OC(=O)N[C@H](CCCCNC(=O)OCc1ccccc1)NS(C)(=O)=O. The molecule has 29 heavy (non-hydrogen) atoms. The van der Waals surface area contributed by atoms with Crippen LogP contribution in [0, 0.1) is 0 Å². The van der Waals surface area contributed by atoms with Gasteiger partial charge in [0.05, 0.1) is 12.4 Å². The zero-order chi connectivity index (χ0) is 21.9. The lowest BCUT2D eigenvalue weighted by Crippen LogP contribution is -2.49. The molecular weight excluding hydrogens is 398 g/mol. The first-order valence-corrected chi connectivity index (χ1v) is 11.2. The van der Waals surface area contributed by atoms with Crippen molar-refractivity contribution in [1.29, 1.82) is 0 Å². The van der Waals surface area contributed by atoms with Crippen LogP contribution in [0.2, 0.25) is 0 Å². The Labute approximate surface area is 172 Å². The molecule has 0 unspecified atom stereocenters. The molecule has 164 valence electrons. The van der Waals surface area contributed by atoms with E-state index in [1.807, 2.05) is 30.3 Å². The van der Waals surface area contributed by atoms with Crippen LogP contribution in [0.3, 0.4) is 0 Å². The second-order valence-electron chi connectivity index (χ2n) is 7.57. The second-order valence-corrected chi connectivity index (χ2v) is 9.35. The van der Waals surface area contributed by atoms with Gasteiger partial charge in [-0.1, -0.05) is 30.3 Å². The minimum Gasteiger partial charge on any atom is -0.445 e. The molecule has 1 atom stereocenters. The van der Waals surface area contributed by atoms with Gasteiger partial charge in [-0.3, -0.25) is 0 Å². The average Bonchev–Trinajstić information content (AvgIpc) is 2.57. The van der Waals surface area contributed by atoms with Crippen molar-refractivity contribution in [3.05, 3.63) is 35.9 Å². The van der Waals surface area contributed by atoms with Crippen molar-refractivity contribution >= 4 is 22.2 Å². The van der Waals surface area contributed by atoms with Gasteiger partial charge in [0, 0.05) is 6.54 Å². The monoisotopic (exact) mass is 429 g/mol. The van der Waals surface area contributed by atoms with Gasteiger partial charge in [0.15, 0.2) is 0 Å². The molecular formula is C19H31N3O6S. The van der Waals surface area contributed by atoms with Crippen LogP contribution in [0.25, 0.3) is 0 Å². The van der Waals surface area contributed by atoms with Crippen LogP contribution in [-0.2, 0) is 26.1 Å². The van der Waals surface area contributed by atoms with Gasteiger partial charge in [-0.2, -0.15) is 4.72 Å². The summed E-state index contributed by atoms with van der Waals surface area (Å²) in [4.78, 5) is 23.6. The number of amides is 2. The molecule has 0 fully saturated rings. The first kappa shape index (κ1) is 24.7. The third kappa shape index (κ3) is 13.5. The van der Waals surface area contributed by atoms with Crippen molar-refractivity contribution in [3.8, 4) is 0 Å². The Morgan fingerprint density at radius 1 is 1.07 bits per heavy atom. The van der Waals surface area contributed by atoms with Crippen LogP contribution < -0.4 is 15.4 Å². The van der Waals surface area contributed by atoms with E-state index in [-0.39, 0.29) is 6.61 Å². The molecule has 0 spiro atoms. The summed E-state index contributed by atoms with van der Waals surface area (Å²) in [5.41, 5.74) is 0.203. The van der Waals surface area contributed by atoms with E-state index in [0.29, 0.717) is 25.8 Å². The summed E-state index contributed by atoms with van der Waals surface area (Å²) < 4.78 is 35.6. The van der Waals surface area contributed by atoms with E-state index >= 15 is 0 Å². The smallest absolute Gasteiger partial charge is 0.408 e. The number of carbonyl (C=O) groups is 2. The second kappa shape index (κ2) is 11.6. The van der Waals surface area contributed by atoms with Crippen molar-refractivity contribution in [2.75, 3.05) is 12.8 Å². The number of rotatable bonds is 10. The van der Waals surface area contributed by atoms with E-state index in [1.165, 1.54) is 0 Å². The highest BCUT2D eigenvalue weighted by Crippen LogP contribution is 2.08. The number of hydrogen-bond donors (Lipinski definition) is 3. The molecule has 0 aliphatic heterocycles. The van der Waals surface area contributed by atoms with Crippen LogP contribution >= 0.6 is 0 Å². The fourth-order valence-electron chi connectivity index (χ4n) is 2.31. The predicted molar refractivity (Wildman–Crippen MR) is 110 cm³/mol. The highest BCUT2D eigenvalue weighted by molar-refractivity contribution is 7.88. The van der Waals surface area contributed by atoms with E-state index in [2.05, 4.69) is 15.4 Å². The fourth-order valence-corrected chi connectivity index (χ4v) is 3.00. The van der Waals surface area contributed by atoms with Gasteiger partial charge in [-0.05, 0) is 45.6 Å². The summed E-state index contributed by atoms with van der Waals surface area (Å²) in [5.74, 6) is 0. The number of alkyl carbamates (subject to hydrolysis) is 2. The third-order valence-corrected chi connectivity index (χ3v) is 4.16. The molecule has 0 bridgehead atoms. The number of ether oxygens (including phenoxy) is 2. The van der Waals surface area contributed by atoms with Crippen LogP contribution in [-0.4, -0.2) is 45.2 Å². The number of hydrogen-bond acceptors (Lipinski definition) is 6. The van der Waals surface area contributed by atoms with Crippen molar-refractivity contribution < 1.29 is 27.5 Å². The Kier molecular flexibility index (Phi) is 9.90. The highest BCUT2D eigenvalue weighted by Gasteiger charge is 2.21.